The van der Waals surface area contributed by atoms with Crippen molar-refractivity contribution in [3.8, 4) is 0 Å². The topological polar surface area (TPSA) is 113 Å². The molecule has 0 bridgehead atoms. The van der Waals surface area contributed by atoms with E-state index >= 15 is 0 Å². The van der Waals surface area contributed by atoms with Crippen LogP contribution in [0.15, 0.2) is 52.1 Å². The van der Waals surface area contributed by atoms with E-state index in [0.717, 1.165) is 22.4 Å². The Bertz CT molecular complexity index is 1150. The average molecular weight is 465 g/mol. The molecule has 1 aliphatic carbocycles. The number of likely N-dealkylation sites (tertiary alicyclic amines) is 1. The molecule has 178 valence electrons. The molecule has 0 radical (unpaired) electrons. The number of pyridine rings is 1. The monoisotopic (exact) mass is 464 g/mol. The molecule has 2 aliphatic heterocycles. The number of carbonyl (C=O) groups excluding carboxylic acids is 2. The zero-order valence-corrected chi connectivity index (χ0v) is 19.0. The van der Waals surface area contributed by atoms with Crippen molar-refractivity contribution in [3.63, 3.8) is 0 Å². The van der Waals surface area contributed by atoms with E-state index in [1.807, 2.05) is 30.3 Å². The fourth-order valence-corrected chi connectivity index (χ4v) is 5.62. The summed E-state index contributed by atoms with van der Waals surface area (Å²) in [7, 11) is 1.54. The van der Waals surface area contributed by atoms with Gasteiger partial charge in [-0.05, 0) is 66.3 Å². The zero-order valence-electron chi connectivity index (χ0n) is 19.0. The number of hydrogen-bond acceptors (Lipinski definition) is 7. The van der Waals surface area contributed by atoms with Crippen LogP contribution in [0, 0.1) is 17.8 Å². The van der Waals surface area contributed by atoms with E-state index in [9.17, 15) is 19.8 Å². The fourth-order valence-electron chi connectivity index (χ4n) is 5.62. The van der Waals surface area contributed by atoms with E-state index < -0.39 is 11.8 Å². The quantitative estimate of drug-likeness (QED) is 0.478. The number of imide groups is 1. The molecule has 4 atom stereocenters. The average Bonchev–Trinajstić information content (AvgIpc) is 3.56. The van der Waals surface area contributed by atoms with Crippen molar-refractivity contribution in [2.24, 2.45) is 17.8 Å². The second-order valence-electron chi connectivity index (χ2n) is 9.10. The molecule has 8 nitrogen and oxygen atoms in total. The molecular formula is C26H28N2O6. The maximum atomic E-state index is 12.8. The first-order valence-corrected chi connectivity index (χ1v) is 11.6. The minimum Gasteiger partial charge on any atom is -0.459 e. The Morgan fingerprint density at radius 2 is 2.00 bits per heavy atom. The van der Waals surface area contributed by atoms with Gasteiger partial charge in [0.15, 0.2) is 0 Å². The molecule has 2 aromatic rings. The number of hydrogen-bond donors (Lipinski definition) is 2. The van der Waals surface area contributed by atoms with E-state index in [1.165, 1.54) is 11.9 Å². The van der Waals surface area contributed by atoms with Gasteiger partial charge in [-0.25, -0.2) is 0 Å². The molecule has 2 aromatic heterocycles. The maximum Gasteiger partial charge on any atom is 0.233 e. The summed E-state index contributed by atoms with van der Waals surface area (Å²) in [5.74, 6) is -0.174. The Labute approximate surface area is 197 Å². The Balaban J connectivity index is 1.40. The van der Waals surface area contributed by atoms with Crippen molar-refractivity contribution in [3.05, 3.63) is 64.9 Å². The third-order valence-corrected chi connectivity index (χ3v) is 7.24. The normalized spacial score (nSPS) is 26.9. The van der Waals surface area contributed by atoms with Gasteiger partial charge in [0.25, 0.3) is 0 Å². The minimum absolute atomic E-state index is 0.140. The Morgan fingerprint density at radius 1 is 1.15 bits per heavy atom. The first kappa shape index (κ1) is 22.7. The van der Waals surface area contributed by atoms with Crippen LogP contribution in [0.4, 0.5) is 0 Å². The van der Waals surface area contributed by atoms with Crippen LogP contribution < -0.4 is 0 Å². The van der Waals surface area contributed by atoms with Crippen LogP contribution >= 0.6 is 0 Å². The van der Waals surface area contributed by atoms with Gasteiger partial charge in [-0.1, -0.05) is 6.07 Å². The first-order chi connectivity index (χ1) is 16.5. The molecule has 0 spiro atoms. The largest absolute Gasteiger partial charge is 0.459 e. The summed E-state index contributed by atoms with van der Waals surface area (Å²) in [6.07, 6.45) is 5.09. The lowest BCUT2D eigenvalue weighted by atomic mass is 9.69. The number of aliphatic hydroxyl groups is 2. The van der Waals surface area contributed by atoms with Crippen LogP contribution in [-0.4, -0.2) is 58.3 Å². The lowest BCUT2D eigenvalue weighted by Crippen LogP contribution is -2.34. The molecule has 0 saturated carbocycles. The van der Waals surface area contributed by atoms with Crippen molar-refractivity contribution in [1.82, 2.24) is 9.88 Å². The van der Waals surface area contributed by atoms with Crippen LogP contribution in [0.3, 0.4) is 0 Å². The van der Waals surface area contributed by atoms with Crippen molar-refractivity contribution in [1.29, 1.82) is 0 Å². The zero-order chi connectivity index (χ0) is 23.8. The van der Waals surface area contributed by atoms with Crippen molar-refractivity contribution < 1.29 is 29.0 Å². The van der Waals surface area contributed by atoms with Gasteiger partial charge in [0.2, 0.25) is 11.8 Å². The number of amides is 2. The summed E-state index contributed by atoms with van der Waals surface area (Å²) in [4.78, 5) is 31.1. The lowest BCUT2D eigenvalue weighted by Gasteiger charge is -2.31. The number of nitrogens with zero attached hydrogens (tertiary/aromatic N) is 2. The summed E-state index contributed by atoms with van der Waals surface area (Å²) in [5.41, 5.74) is 3.59. The summed E-state index contributed by atoms with van der Waals surface area (Å²) in [6.45, 7) is 0.0678. The Hall–Kier alpha value is -3.07. The molecule has 34 heavy (non-hydrogen) atoms. The molecule has 2 fully saturated rings. The highest BCUT2D eigenvalue weighted by Gasteiger charge is 2.55. The molecule has 0 unspecified atom stereocenters. The second-order valence-corrected chi connectivity index (χ2v) is 9.10. The van der Waals surface area contributed by atoms with Crippen LogP contribution in [0.2, 0.25) is 0 Å². The van der Waals surface area contributed by atoms with Crippen LogP contribution in [-0.2, 0) is 20.9 Å². The van der Waals surface area contributed by atoms with Crippen molar-refractivity contribution in [2.45, 2.75) is 32.0 Å². The highest BCUT2D eigenvalue weighted by Crippen LogP contribution is 2.49. The predicted octanol–water partition coefficient (Wildman–Crippen LogP) is 2.43. The summed E-state index contributed by atoms with van der Waals surface area (Å²) in [6, 6.07) is 9.26. The number of furan rings is 1. The number of rotatable bonds is 7. The van der Waals surface area contributed by atoms with Crippen LogP contribution in [0.25, 0.3) is 11.6 Å². The number of aromatic nitrogens is 1. The predicted molar refractivity (Wildman–Crippen MR) is 123 cm³/mol. The Morgan fingerprint density at radius 3 is 2.71 bits per heavy atom. The fraction of sp³-hybridized carbons (Fsp3) is 0.423. The SMILES string of the molecule is CN1C(=O)[C@@H]2[C@@H](CC(CO)=C3[C@@H](CC/C(=C/c4ccc(CO)o4)c4ccccn4)OC[C@@H]32)C1=O. The molecule has 3 aliphatic rings. The van der Waals surface area contributed by atoms with Crippen LogP contribution in [0.5, 0.6) is 0 Å². The van der Waals surface area contributed by atoms with Gasteiger partial charge in [-0.15, -0.1) is 0 Å². The number of allylic oxidation sites excluding steroid dienone is 1. The van der Waals surface area contributed by atoms with Gasteiger partial charge in [0, 0.05) is 19.2 Å². The van der Waals surface area contributed by atoms with Crippen molar-refractivity contribution >= 4 is 23.5 Å². The number of fused-ring (bicyclic) bond motifs is 3. The van der Waals surface area contributed by atoms with E-state index in [1.54, 1.807) is 12.3 Å². The molecule has 2 saturated heterocycles. The van der Waals surface area contributed by atoms with E-state index in [-0.39, 0.29) is 37.0 Å². The maximum absolute atomic E-state index is 12.8. The minimum atomic E-state index is -0.404. The first-order valence-electron chi connectivity index (χ1n) is 11.6. The third kappa shape index (κ3) is 3.91. The van der Waals surface area contributed by atoms with Gasteiger partial charge in [-0.3, -0.25) is 19.5 Å². The highest BCUT2D eigenvalue weighted by atomic mass is 16.5. The van der Waals surface area contributed by atoms with Gasteiger partial charge >= 0.3 is 0 Å². The number of ether oxygens (including phenoxy) is 1. The molecular weight excluding hydrogens is 436 g/mol. The number of aliphatic hydroxyl groups excluding tert-OH is 2. The molecule has 0 aromatic carbocycles. The van der Waals surface area contributed by atoms with Gasteiger partial charge < -0.3 is 19.4 Å². The third-order valence-electron chi connectivity index (χ3n) is 7.24. The second kappa shape index (κ2) is 9.29. The highest BCUT2D eigenvalue weighted by molar-refractivity contribution is 6.05. The summed E-state index contributed by atoms with van der Waals surface area (Å²) < 4.78 is 11.8. The number of carbonyl (C=O) groups is 2. The smallest absolute Gasteiger partial charge is 0.233 e. The van der Waals surface area contributed by atoms with Crippen LogP contribution in [0.1, 0.15) is 36.5 Å². The van der Waals surface area contributed by atoms with E-state index in [0.29, 0.717) is 37.4 Å². The molecule has 4 heterocycles. The van der Waals surface area contributed by atoms with Crippen molar-refractivity contribution in [2.75, 3.05) is 20.3 Å². The summed E-state index contributed by atoms with van der Waals surface area (Å²) in [5, 5.41) is 19.4. The lowest BCUT2D eigenvalue weighted by molar-refractivity contribution is -0.138. The molecule has 5 rings (SSSR count). The molecule has 2 amide bonds. The summed E-state index contributed by atoms with van der Waals surface area (Å²) >= 11 is 0. The van der Waals surface area contributed by atoms with E-state index in [2.05, 4.69) is 4.98 Å². The van der Waals surface area contributed by atoms with Gasteiger partial charge in [0.05, 0.1) is 36.8 Å². The molecule has 8 heteroatoms. The van der Waals surface area contributed by atoms with E-state index in [4.69, 9.17) is 9.15 Å². The standard InChI is InChI=1S/C26H28N2O6/c1-28-25(31)19-11-16(12-29)23-20(24(19)26(28)32)14-33-22(23)8-5-15(21-4-2-3-9-27-21)10-17-6-7-18(13-30)34-17/h2-4,6-7,9-10,19-20,22,24,29-30H,5,8,11-14H2,1H3/b15-10-/t19-,20+,22-,24-/m1/s1. The van der Waals surface area contributed by atoms with Gasteiger partial charge in [-0.2, -0.15) is 0 Å². The van der Waals surface area contributed by atoms with Gasteiger partial charge in [0.1, 0.15) is 18.1 Å². The molecule has 2 N–H and O–H groups in total. The Kier molecular flexibility index (Phi) is 6.20.